The van der Waals surface area contributed by atoms with Gasteiger partial charge < -0.3 is 15.5 Å². The second-order valence-corrected chi connectivity index (χ2v) is 6.77. The molecule has 0 spiro atoms. The molecule has 0 saturated carbocycles. The van der Waals surface area contributed by atoms with Gasteiger partial charge in [-0.05, 0) is 42.8 Å². The van der Waals surface area contributed by atoms with Crippen LogP contribution in [-0.4, -0.2) is 10.9 Å². The van der Waals surface area contributed by atoms with E-state index in [0.29, 0.717) is 17.2 Å². The van der Waals surface area contributed by atoms with E-state index in [0.717, 1.165) is 21.7 Å². The molecular weight excluding hydrogens is 382 g/mol. The Morgan fingerprint density at radius 1 is 1.03 bits per heavy atom. The van der Waals surface area contributed by atoms with Crippen molar-refractivity contribution in [1.82, 2.24) is 4.98 Å². The van der Waals surface area contributed by atoms with E-state index in [1.807, 2.05) is 61.5 Å². The summed E-state index contributed by atoms with van der Waals surface area (Å²) in [5, 5.41) is 2.83. The number of nitrogens with one attached hydrogen (secondary N) is 1. The largest absolute Gasteiger partial charge is 0.451 e. The first-order chi connectivity index (χ1) is 14.0. The summed E-state index contributed by atoms with van der Waals surface area (Å²) in [5.74, 6) is 0.739. The topological polar surface area (TPSA) is 81.2 Å². The van der Waals surface area contributed by atoms with Crippen molar-refractivity contribution >= 4 is 29.9 Å². The molecule has 6 heteroatoms. The summed E-state index contributed by atoms with van der Waals surface area (Å²) in [7, 11) is 0. The molecule has 0 aliphatic carbocycles. The van der Waals surface area contributed by atoms with Gasteiger partial charge in [-0.1, -0.05) is 42.5 Å². The van der Waals surface area contributed by atoms with Crippen LogP contribution in [0.3, 0.4) is 0 Å². The lowest BCUT2D eigenvalue weighted by molar-refractivity contribution is 0.0997. The summed E-state index contributed by atoms with van der Waals surface area (Å²) >= 11 is 4.01. The van der Waals surface area contributed by atoms with Crippen molar-refractivity contribution in [2.75, 3.05) is 11.1 Å². The molecule has 2 aromatic heterocycles. The number of hydrogen-bond donors (Lipinski definition) is 3. The Labute approximate surface area is 175 Å². The van der Waals surface area contributed by atoms with Gasteiger partial charge in [0.1, 0.15) is 5.76 Å². The molecule has 3 N–H and O–H groups in total. The first kappa shape index (κ1) is 20.2. The van der Waals surface area contributed by atoms with Crippen LogP contribution in [0.25, 0.3) is 11.3 Å². The number of rotatable bonds is 3. The number of amides is 1. The summed E-state index contributed by atoms with van der Waals surface area (Å²) in [4.78, 5) is 16.7. The van der Waals surface area contributed by atoms with Crippen LogP contribution in [0, 0.1) is 6.92 Å². The van der Waals surface area contributed by atoms with Gasteiger partial charge in [-0.2, -0.15) is 0 Å². The highest BCUT2D eigenvalue weighted by Crippen LogP contribution is 2.22. The zero-order chi connectivity index (χ0) is 20.6. The van der Waals surface area contributed by atoms with E-state index in [2.05, 4.69) is 22.9 Å². The fourth-order valence-electron chi connectivity index (χ4n) is 2.53. The fourth-order valence-corrected chi connectivity index (χ4v) is 2.67. The van der Waals surface area contributed by atoms with Crippen LogP contribution in [0.15, 0.2) is 94.5 Å². The number of aromatic nitrogens is 1. The monoisotopic (exact) mass is 403 g/mol. The third-order valence-corrected chi connectivity index (χ3v) is 4.37. The third kappa shape index (κ3) is 5.73. The number of furan rings is 1. The molecule has 0 aliphatic heterocycles. The molecule has 0 unspecified atom stereocenters. The maximum Gasteiger partial charge on any atom is 0.291 e. The Bertz CT molecular complexity index is 1070. The van der Waals surface area contributed by atoms with E-state index in [-0.39, 0.29) is 5.91 Å². The number of nitrogen functional groups attached to an aromatic ring is 1. The van der Waals surface area contributed by atoms with E-state index in [1.54, 1.807) is 30.6 Å². The van der Waals surface area contributed by atoms with Crippen LogP contribution in [-0.2, 0) is 0 Å². The fraction of sp³-hybridized carbons (Fsp3) is 0.0435. The van der Waals surface area contributed by atoms with Gasteiger partial charge in [-0.15, -0.1) is 12.6 Å². The van der Waals surface area contributed by atoms with Crippen molar-refractivity contribution in [3.05, 3.63) is 96.5 Å². The first-order valence-corrected chi connectivity index (χ1v) is 9.39. The number of aryl methyl sites for hydroxylation is 1. The molecule has 0 radical (unpaired) electrons. The van der Waals surface area contributed by atoms with Crippen molar-refractivity contribution < 1.29 is 9.21 Å². The Kier molecular flexibility index (Phi) is 6.71. The molecule has 2 aromatic carbocycles. The molecule has 29 heavy (non-hydrogen) atoms. The minimum Gasteiger partial charge on any atom is -0.451 e. The number of pyridine rings is 1. The van der Waals surface area contributed by atoms with Gasteiger partial charge in [0.2, 0.25) is 0 Å². The van der Waals surface area contributed by atoms with Gasteiger partial charge >= 0.3 is 0 Å². The van der Waals surface area contributed by atoms with Crippen molar-refractivity contribution in [2.45, 2.75) is 11.8 Å². The summed E-state index contributed by atoms with van der Waals surface area (Å²) in [6.45, 7) is 1.98. The highest BCUT2D eigenvalue weighted by molar-refractivity contribution is 7.80. The zero-order valence-corrected chi connectivity index (χ0v) is 16.8. The van der Waals surface area contributed by atoms with E-state index in [4.69, 9.17) is 10.2 Å². The molecule has 5 nitrogen and oxygen atoms in total. The smallest absolute Gasteiger partial charge is 0.291 e. The Morgan fingerprint density at radius 2 is 1.83 bits per heavy atom. The molecule has 0 saturated heterocycles. The number of carbonyl (C=O) groups is 1. The second-order valence-electron chi connectivity index (χ2n) is 6.29. The minimum absolute atomic E-state index is 0.247. The first-order valence-electron chi connectivity index (χ1n) is 8.94. The molecule has 1 amide bonds. The van der Waals surface area contributed by atoms with E-state index < -0.39 is 0 Å². The molecule has 4 aromatic rings. The average Bonchev–Trinajstić information content (AvgIpc) is 3.22. The van der Waals surface area contributed by atoms with Gasteiger partial charge in [0.25, 0.3) is 5.91 Å². The van der Waals surface area contributed by atoms with Crippen LogP contribution in [0.4, 0.5) is 11.4 Å². The number of anilines is 2. The molecular formula is C23H21N3O2S. The van der Waals surface area contributed by atoms with Crippen LogP contribution >= 0.6 is 12.6 Å². The lowest BCUT2D eigenvalue weighted by atomic mass is 10.2. The summed E-state index contributed by atoms with van der Waals surface area (Å²) in [6, 6.07) is 22.6. The Hall–Kier alpha value is -3.51. The van der Waals surface area contributed by atoms with E-state index in [1.165, 1.54) is 0 Å². The SMILES string of the molecule is Cc1cccc(NC(=O)c2ccc(-c3ccccc3)o2)c1.Nc1ccncc1S. The predicted molar refractivity (Wildman–Crippen MR) is 119 cm³/mol. The Morgan fingerprint density at radius 3 is 2.48 bits per heavy atom. The standard InChI is InChI=1S/C18H15NO2.C5H6N2S/c1-13-6-5-9-15(12-13)19-18(20)17-11-10-16(21-17)14-7-3-2-4-8-14;6-4-1-2-7-3-5(4)8/h2-12H,1H3,(H,19,20);1-3,8H,(H2,6,7). The van der Waals surface area contributed by atoms with Gasteiger partial charge in [0.15, 0.2) is 5.76 Å². The lowest BCUT2D eigenvalue weighted by Crippen LogP contribution is -2.10. The lowest BCUT2D eigenvalue weighted by Gasteiger charge is -2.03. The number of hydrogen-bond acceptors (Lipinski definition) is 5. The maximum atomic E-state index is 12.2. The van der Waals surface area contributed by atoms with Gasteiger partial charge in [0.05, 0.1) is 0 Å². The molecule has 4 rings (SSSR count). The number of nitrogens with zero attached hydrogens (tertiary/aromatic N) is 1. The van der Waals surface area contributed by atoms with Crippen molar-refractivity contribution in [3.63, 3.8) is 0 Å². The van der Waals surface area contributed by atoms with Crippen molar-refractivity contribution in [2.24, 2.45) is 0 Å². The summed E-state index contributed by atoms with van der Waals surface area (Å²) < 4.78 is 5.62. The average molecular weight is 404 g/mol. The predicted octanol–water partition coefficient (Wildman–Crippen LogP) is 5.46. The molecule has 146 valence electrons. The summed E-state index contributed by atoms with van der Waals surface area (Å²) in [5.41, 5.74) is 8.88. The molecule has 0 aliphatic rings. The summed E-state index contributed by atoms with van der Waals surface area (Å²) in [6.07, 6.45) is 3.24. The number of carbonyl (C=O) groups excluding carboxylic acids is 1. The van der Waals surface area contributed by atoms with E-state index >= 15 is 0 Å². The normalized spacial score (nSPS) is 10.0. The molecule has 0 bridgehead atoms. The van der Waals surface area contributed by atoms with Crippen LogP contribution < -0.4 is 11.1 Å². The van der Waals surface area contributed by atoms with Crippen molar-refractivity contribution in [3.8, 4) is 11.3 Å². The van der Waals surface area contributed by atoms with E-state index in [9.17, 15) is 4.79 Å². The van der Waals surface area contributed by atoms with Gasteiger partial charge in [-0.25, -0.2) is 0 Å². The molecule has 0 atom stereocenters. The number of nitrogens with two attached hydrogens (primary N) is 1. The van der Waals surface area contributed by atoms with Crippen molar-refractivity contribution in [1.29, 1.82) is 0 Å². The quantitative estimate of drug-likeness (QED) is 0.397. The van der Waals surface area contributed by atoms with Crippen LogP contribution in [0.2, 0.25) is 0 Å². The highest BCUT2D eigenvalue weighted by atomic mass is 32.1. The minimum atomic E-state index is -0.247. The highest BCUT2D eigenvalue weighted by Gasteiger charge is 2.12. The van der Waals surface area contributed by atoms with Crippen LogP contribution in [0.1, 0.15) is 16.1 Å². The number of benzene rings is 2. The van der Waals surface area contributed by atoms with Crippen LogP contribution in [0.5, 0.6) is 0 Å². The second kappa shape index (κ2) is 9.61. The zero-order valence-electron chi connectivity index (χ0n) is 15.9. The third-order valence-electron chi connectivity index (χ3n) is 4.00. The number of thiol groups is 1. The molecule has 0 fully saturated rings. The molecule has 2 heterocycles. The maximum absolute atomic E-state index is 12.2. The Balaban J connectivity index is 0.000000252. The van der Waals surface area contributed by atoms with Gasteiger partial charge in [-0.3, -0.25) is 9.78 Å². The van der Waals surface area contributed by atoms with Gasteiger partial charge in [0, 0.05) is 34.2 Å².